The number of carbonyl (C=O) groups excluding carboxylic acids is 2. The summed E-state index contributed by atoms with van der Waals surface area (Å²) < 4.78 is 0. The van der Waals surface area contributed by atoms with Gasteiger partial charge in [0.2, 0.25) is 5.91 Å². The first-order chi connectivity index (χ1) is 11.9. The minimum Gasteiger partial charge on any atom is -0.333 e. The number of amides is 2. The van der Waals surface area contributed by atoms with Gasteiger partial charge in [-0.15, -0.1) is 0 Å². The van der Waals surface area contributed by atoms with E-state index in [4.69, 9.17) is 23.8 Å². The number of hydrazine groups is 1. The van der Waals surface area contributed by atoms with E-state index >= 15 is 0 Å². The highest BCUT2D eigenvalue weighted by molar-refractivity contribution is 7.80. The number of anilines is 1. The Hall–Kier alpha value is -1.86. The molecular weight excluding hydrogens is 360 g/mol. The van der Waals surface area contributed by atoms with Crippen molar-refractivity contribution >= 4 is 46.4 Å². The molecule has 0 spiro atoms. The minimum atomic E-state index is -0.314. The summed E-state index contributed by atoms with van der Waals surface area (Å²) in [7, 11) is 0. The van der Waals surface area contributed by atoms with Crippen molar-refractivity contribution in [2.24, 2.45) is 0 Å². The van der Waals surface area contributed by atoms with Gasteiger partial charge in [-0.1, -0.05) is 24.1 Å². The van der Waals surface area contributed by atoms with Crippen molar-refractivity contribution in [2.45, 2.75) is 39.5 Å². The van der Waals surface area contributed by atoms with Crippen LogP contribution >= 0.6 is 23.8 Å². The molecule has 1 saturated heterocycles. The number of halogens is 1. The van der Waals surface area contributed by atoms with Crippen LogP contribution in [0.3, 0.4) is 0 Å². The maximum absolute atomic E-state index is 12.0. The number of nitrogens with zero attached hydrogens (tertiary/aromatic N) is 1. The monoisotopic (exact) mass is 382 g/mol. The molecule has 2 rings (SSSR count). The Morgan fingerprint density at radius 2 is 2.00 bits per heavy atom. The first-order valence-corrected chi connectivity index (χ1v) is 9.06. The zero-order chi connectivity index (χ0) is 18.4. The second-order valence-corrected chi connectivity index (χ2v) is 7.01. The van der Waals surface area contributed by atoms with Gasteiger partial charge in [-0.3, -0.25) is 20.4 Å². The molecule has 3 N–H and O–H groups in total. The predicted molar refractivity (Wildman–Crippen MR) is 103 cm³/mol. The Labute approximate surface area is 158 Å². The fourth-order valence-electron chi connectivity index (χ4n) is 2.76. The lowest BCUT2D eigenvalue weighted by Gasteiger charge is -2.20. The second kappa shape index (κ2) is 9.01. The summed E-state index contributed by atoms with van der Waals surface area (Å²) >= 11 is 11.4. The van der Waals surface area contributed by atoms with Crippen molar-refractivity contribution in [3.63, 3.8) is 0 Å². The van der Waals surface area contributed by atoms with Gasteiger partial charge in [0, 0.05) is 13.0 Å². The molecule has 1 fully saturated rings. The summed E-state index contributed by atoms with van der Waals surface area (Å²) in [5, 5.41) is 3.76. The van der Waals surface area contributed by atoms with Gasteiger partial charge in [-0.05, 0) is 56.1 Å². The molecule has 0 atom stereocenters. The number of hydrogen-bond acceptors (Lipinski definition) is 3. The maximum Gasteiger partial charge on any atom is 0.257 e. The van der Waals surface area contributed by atoms with E-state index in [0.29, 0.717) is 23.7 Å². The van der Waals surface area contributed by atoms with Gasteiger partial charge >= 0.3 is 0 Å². The molecule has 0 saturated carbocycles. The minimum absolute atomic E-state index is 0.0235. The first kappa shape index (κ1) is 19.5. The zero-order valence-electron chi connectivity index (χ0n) is 14.4. The molecule has 1 aromatic rings. The Kier molecular flexibility index (Phi) is 7.01. The number of hydrogen-bond donors (Lipinski definition) is 3. The zero-order valence-corrected chi connectivity index (χ0v) is 16.0. The van der Waals surface area contributed by atoms with Crippen LogP contribution in [-0.4, -0.2) is 34.9 Å². The molecule has 1 heterocycles. The van der Waals surface area contributed by atoms with Crippen LogP contribution in [0.1, 0.15) is 36.8 Å². The van der Waals surface area contributed by atoms with E-state index < -0.39 is 0 Å². The SMILES string of the molecule is Cc1cc(C)c(NC(=S)NNC(=O)CN2CCCCCC2=O)c(Cl)c1. The molecule has 6 nitrogen and oxygen atoms in total. The average Bonchev–Trinajstić information content (AvgIpc) is 2.74. The van der Waals surface area contributed by atoms with Crippen LogP contribution < -0.4 is 16.2 Å². The fourth-order valence-corrected chi connectivity index (χ4v) is 3.29. The lowest BCUT2D eigenvalue weighted by Crippen LogP contribution is -2.48. The summed E-state index contributed by atoms with van der Waals surface area (Å²) in [6.45, 7) is 4.53. The van der Waals surface area contributed by atoms with E-state index in [1.165, 1.54) is 0 Å². The lowest BCUT2D eigenvalue weighted by molar-refractivity contribution is -0.135. The van der Waals surface area contributed by atoms with Crippen LogP contribution in [0, 0.1) is 13.8 Å². The van der Waals surface area contributed by atoms with E-state index in [1.54, 1.807) is 4.90 Å². The van der Waals surface area contributed by atoms with E-state index in [9.17, 15) is 9.59 Å². The number of thiocarbonyl (C=S) groups is 1. The molecule has 0 radical (unpaired) electrons. The molecule has 1 aromatic carbocycles. The van der Waals surface area contributed by atoms with Gasteiger partial charge in [-0.2, -0.15) is 0 Å². The summed E-state index contributed by atoms with van der Waals surface area (Å²) in [5.41, 5.74) is 7.86. The van der Waals surface area contributed by atoms with Crippen molar-refractivity contribution in [1.29, 1.82) is 0 Å². The summed E-state index contributed by atoms with van der Waals surface area (Å²) in [6, 6.07) is 3.82. The van der Waals surface area contributed by atoms with Gasteiger partial charge < -0.3 is 10.2 Å². The number of likely N-dealkylation sites (tertiary alicyclic amines) is 1. The quantitative estimate of drug-likeness (QED) is 0.553. The smallest absolute Gasteiger partial charge is 0.257 e. The van der Waals surface area contributed by atoms with Gasteiger partial charge in [0.1, 0.15) is 6.54 Å². The topological polar surface area (TPSA) is 73.5 Å². The van der Waals surface area contributed by atoms with Crippen molar-refractivity contribution in [3.05, 3.63) is 28.3 Å². The molecule has 0 aromatic heterocycles. The Morgan fingerprint density at radius 1 is 1.24 bits per heavy atom. The maximum atomic E-state index is 12.0. The van der Waals surface area contributed by atoms with Crippen LogP contribution in [-0.2, 0) is 9.59 Å². The highest BCUT2D eigenvalue weighted by atomic mass is 35.5. The van der Waals surface area contributed by atoms with E-state index in [-0.39, 0.29) is 23.5 Å². The molecule has 1 aliphatic rings. The molecule has 2 amide bonds. The first-order valence-electron chi connectivity index (χ1n) is 8.27. The molecule has 0 unspecified atom stereocenters. The number of benzene rings is 1. The summed E-state index contributed by atoms with van der Waals surface area (Å²) in [6.07, 6.45) is 3.34. The third-order valence-electron chi connectivity index (χ3n) is 3.99. The van der Waals surface area contributed by atoms with Crippen molar-refractivity contribution < 1.29 is 9.59 Å². The van der Waals surface area contributed by atoms with E-state index in [2.05, 4.69) is 16.2 Å². The fraction of sp³-hybridized carbons (Fsp3) is 0.471. The third-order valence-corrected chi connectivity index (χ3v) is 4.49. The molecule has 0 aliphatic carbocycles. The molecule has 25 heavy (non-hydrogen) atoms. The van der Waals surface area contributed by atoms with Gasteiger partial charge in [0.15, 0.2) is 5.11 Å². The van der Waals surface area contributed by atoms with Crippen LogP contribution in [0.5, 0.6) is 0 Å². The number of carbonyl (C=O) groups is 2. The summed E-state index contributed by atoms with van der Waals surface area (Å²) in [5.74, 6) is -0.290. The summed E-state index contributed by atoms with van der Waals surface area (Å²) in [4.78, 5) is 25.5. The van der Waals surface area contributed by atoms with Gasteiger partial charge in [0.25, 0.3) is 5.91 Å². The Balaban J connectivity index is 1.83. The normalized spacial score (nSPS) is 14.7. The Morgan fingerprint density at radius 3 is 2.72 bits per heavy atom. The molecule has 0 bridgehead atoms. The molecule has 8 heteroatoms. The van der Waals surface area contributed by atoms with Crippen molar-refractivity contribution in [2.75, 3.05) is 18.4 Å². The number of rotatable bonds is 3. The Bertz CT molecular complexity index is 658. The van der Waals surface area contributed by atoms with Crippen LogP contribution in [0.2, 0.25) is 5.02 Å². The highest BCUT2D eigenvalue weighted by Crippen LogP contribution is 2.27. The predicted octanol–water partition coefficient (Wildman–Crippen LogP) is 2.68. The second-order valence-electron chi connectivity index (χ2n) is 6.19. The van der Waals surface area contributed by atoms with Crippen molar-refractivity contribution in [3.8, 4) is 0 Å². The number of nitrogens with one attached hydrogen (secondary N) is 3. The largest absolute Gasteiger partial charge is 0.333 e. The van der Waals surface area contributed by atoms with Gasteiger partial charge in [-0.25, -0.2) is 0 Å². The van der Waals surface area contributed by atoms with Gasteiger partial charge in [0.05, 0.1) is 10.7 Å². The molecule has 1 aliphatic heterocycles. The third kappa shape index (κ3) is 5.86. The van der Waals surface area contributed by atoms with Crippen LogP contribution in [0.25, 0.3) is 0 Å². The van der Waals surface area contributed by atoms with Crippen molar-refractivity contribution in [1.82, 2.24) is 15.8 Å². The molecular formula is C17H23ClN4O2S. The van der Waals surface area contributed by atoms with E-state index in [0.717, 1.165) is 30.4 Å². The van der Waals surface area contributed by atoms with E-state index in [1.807, 2.05) is 26.0 Å². The molecule has 136 valence electrons. The number of aryl methyl sites for hydroxylation is 2. The van der Waals surface area contributed by atoms with Crippen LogP contribution in [0.15, 0.2) is 12.1 Å². The highest BCUT2D eigenvalue weighted by Gasteiger charge is 2.19. The average molecular weight is 383 g/mol. The standard InChI is InChI=1S/C17H23ClN4O2S/c1-11-8-12(2)16(13(18)9-11)19-17(25)21-20-14(23)10-22-7-5-3-4-6-15(22)24/h8-9H,3-7,10H2,1-2H3,(H,20,23)(H2,19,21,25). The van der Waals surface area contributed by atoms with Crippen LogP contribution in [0.4, 0.5) is 5.69 Å². The lowest BCUT2D eigenvalue weighted by atomic mass is 10.1.